The summed E-state index contributed by atoms with van der Waals surface area (Å²) in [6.45, 7) is 2.35. The molecule has 0 radical (unpaired) electrons. The summed E-state index contributed by atoms with van der Waals surface area (Å²) in [6, 6.07) is 6.93. The quantitative estimate of drug-likeness (QED) is 0.296. The van der Waals surface area contributed by atoms with Crippen molar-refractivity contribution in [1.82, 2.24) is 9.88 Å². The number of pyridine rings is 1. The van der Waals surface area contributed by atoms with E-state index in [2.05, 4.69) is 9.88 Å². The molecule has 1 saturated heterocycles. The molecule has 1 fully saturated rings. The van der Waals surface area contributed by atoms with Crippen molar-refractivity contribution in [2.75, 3.05) is 39.1 Å². The van der Waals surface area contributed by atoms with E-state index in [9.17, 15) is 23.4 Å². The third-order valence-corrected chi connectivity index (χ3v) is 8.64. The van der Waals surface area contributed by atoms with Crippen LogP contribution >= 0.6 is 11.8 Å². The number of fused-ring (bicyclic) bond motifs is 1. The van der Waals surface area contributed by atoms with Crippen LogP contribution < -0.4 is 10.5 Å². The number of nitrogens with two attached hydrogens (primary N) is 1. The van der Waals surface area contributed by atoms with E-state index in [0.29, 0.717) is 43.0 Å². The van der Waals surface area contributed by atoms with Gasteiger partial charge in [0, 0.05) is 49.2 Å². The average molecular weight is 550 g/mol. The van der Waals surface area contributed by atoms with Crippen molar-refractivity contribution in [2.24, 2.45) is 11.1 Å². The van der Waals surface area contributed by atoms with Crippen LogP contribution in [0.3, 0.4) is 0 Å². The zero-order valence-electron chi connectivity index (χ0n) is 21.4. The highest BCUT2D eigenvalue weighted by molar-refractivity contribution is 7.99. The first-order chi connectivity index (χ1) is 18.3. The first-order valence-corrected chi connectivity index (χ1v) is 13.7. The topological polar surface area (TPSA) is 91.8 Å². The molecule has 0 unspecified atom stereocenters. The lowest BCUT2D eigenvalue weighted by Gasteiger charge is -2.41. The highest BCUT2D eigenvalue weighted by atomic mass is 32.2. The van der Waals surface area contributed by atoms with Gasteiger partial charge in [-0.05, 0) is 73.5 Å². The van der Waals surface area contributed by atoms with E-state index >= 15 is 0 Å². The van der Waals surface area contributed by atoms with E-state index in [1.807, 2.05) is 18.2 Å². The minimum Gasteiger partial charge on any atom is -0.497 e. The highest BCUT2D eigenvalue weighted by Crippen LogP contribution is 2.40. The van der Waals surface area contributed by atoms with Gasteiger partial charge in [-0.25, -0.2) is 13.2 Å². The fourth-order valence-electron chi connectivity index (χ4n) is 5.19. The van der Waals surface area contributed by atoms with Crippen LogP contribution in [0.4, 0.5) is 13.2 Å². The molecule has 4 N–H and O–H groups in total. The molecule has 38 heavy (non-hydrogen) atoms. The van der Waals surface area contributed by atoms with E-state index in [1.165, 1.54) is 0 Å². The van der Waals surface area contributed by atoms with E-state index in [1.54, 1.807) is 13.3 Å². The molecular formula is C28H34F3N3O3S. The summed E-state index contributed by atoms with van der Waals surface area (Å²) >= 11 is 1.04. The first kappa shape index (κ1) is 28.6. The Hall–Kier alpha value is -2.37. The van der Waals surface area contributed by atoms with Crippen LogP contribution in [0.1, 0.15) is 42.9 Å². The Bertz CT molecular complexity index is 1230. The van der Waals surface area contributed by atoms with Crippen molar-refractivity contribution in [2.45, 2.75) is 43.2 Å². The summed E-state index contributed by atoms with van der Waals surface area (Å²) in [5.41, 5.74) is 7.93. The van der Waals surface area contributed by atoms with E-state index in [4.69, 9.17) is 10.5 Å². The number of thioether (sulfide) groups is 1. The third-order valence-electron chi connectivity index (χ3n) is 7.57. The summed E-state index contributed by atoms with van der Waals surface area (Å²) < 4.78 is 46.3. The molecular weight excluding hydrogens is 515 g/mol. The predicted octanol–water partition coefficient (Wildman–Crippen LogP) is 4.80. The van der Waals surface area contributed by atoms with Crippen molar-refractivity contribution in [3.05, 3.63) is 65.1 Å². The number of benzene rings is 2. The van der Waals surface area contributed by atoms with Crippen molar-refractivity contribution in [3.63, 3.8) is 0 Å². The zero-order valence-corrected chi connectivity index (χ0v) is 22.2. The second-order valence-corrected chi connectivity index (χ2v) is 11.0. The Morgan fingerprint density at radius 3 is 2.50 bits per heavy atom. The average Bonchev–Trinajstić information content (AvgIpc) is 2.92. The second kappa shape index (κ2) is 12.7. The van der Waals surface area contributed by atoms with Gasteiger partial charge < -0.3 is 25.6 Å². The maximum Gasteiger partial charge on any atom is 0.142 e. The lowest BCUT2D eigenvalue weighted by molar-refractivity contribution is 0.0253. The smallest absolute Gasteiger partial charge is 0.142 e. The van der Waals surface area contributed by atoms with Crippen LogP contribution in [0, 0.1) is 22.9 Å². The predicted molar refractivity (Wildman–Crippen MR) is 143 cm³/mol. The van der Waals surface area contributed by atoms with Gasteiger partial charge in [0.1, 0.15) is 23.2 Å². The minimum atomic E-state index is -0.929. The molecule has 0 spiro atoms. The van der Waals surface area contributed by atoms with Gasteiger partial charge in [-0.1, -0.05) is 0 Å². The lowest BCUT2D eigenvalue weighted by atomic mass is 9.74. The van der Waals surface area contributed by atoms with Crippen LogP contribution in [0.5, 0.6) is 5.75 Å². The van der Waals surface area contributed by atoms with Gasteiger partial charge in [-0.15, -0.1) is 11.8 Å². The minimum absolute atomic E-state index is 0.0168. The molecule has 206 valence electrons. The van der Waals surface area contributed by atoms with Gasteiger partial charge >= 0.3 is 0 Å². The highest BCUT2D eigenvalue weighted by Gasteiger charge is 2.34. The Morgan fingerprint density at radius 2 is 1.87 bits per heavy atom. The second-order valence-electron chi connectivity index (χ2n) is 9.89. The summed E-state index contributed by atoms with van der Waals surface area (Å²) in [5.74, 6) is -1.57. The standard InChI is InChI=1S/C28H34F3N3O3S/c1-37-20-2-3-24-21(14-20)26(18(15-32)16-33-24)25(36)4-5-28(17-35)6-8-34(9-7-28)10-11-38-27-22(30)12-19(29)13-23(27)31/h2-3,12-14,16,25,35-36H,4-11,15,17,32H2,1H3/t25-/m1/s1. The molecule has 0 saturated carbocycles. The van der Waals surface area contributed by atoms with Crippen molar-refractivity contribution in [1.29, 1.82) is 0 Å². The number of likely N-dealkylation sites (tertiary alicyclic amines) is 1. The van der Waals surface area contributed by atoms with Gasteiger partial charge in [0.2, 0.25) is 0 Å². The monoisotopic (exact) mass is 549 g/mol. The Kier molecular flexibility index (Phi) is 9.54. The van der Waals surface area contributed by atoms with Crippen molar-refractivity contribution in [3.8, 4) is 5.75 Å². The number of aromatic nitrogens is 1. The number of hydrogen-bond donors (Lipinski definition) is 3. The number of nitrogens with zero attached hydrogens (tertiary/aromatic N) is 2. The fourth-order valence-corrected chi connectivity index (χ4v) is 6.13. The van der Waals surface area contributed by atoms with E-state index in [0.717, 1.165) is 59.7 Å². The van der Waals surface area contributed by atoms with Crippen LogP contribution in [0.15, 0.2) is 41.4 Å². The molecule has 2 aromatic carbocycles. The molecule has 1 atom stereocenters. The summed E-state index contributed by atoms with van der Waals surface area (Å²) in [7, 11) is 1.59. The molecule has 0 aliphatic carbocycles. The van der Waals surface area contributed by atoms with Crippen LogP contribution in [-0.2, 0) is 6.54 Å². The maximum atomic E-state index is 13.9. The van der Waals surface area contributed by atoms with Crippen molar-refractivity contribution < 1.29 is 28.1 Å². The first-order valence-electron chi connectivity index (χ1n) is 12.7. The van der Waals surface area contributed by atoms with Gasteiger partial charge in [-0.3, -0.25) is 4.98 Å². The molecule has 10 heteroatoms. The van der Waals surface area contributed by atoms with Crippen LogP contribution in [0.2, 0.25) is 0 Å². The largest absolute Gasteiger partial charge is 0.497 e. The molecule has 6 nitrogen and oxygen atoms in total. The number of methoxy groups -OCH3 is 1. The zero-order chi connectivity index (χ0) is 27.3. The Labute approximate surface area is 225 Å². The SMILES string of the molecule is COc1ccc2ncc(CN)c([C@H](O)CCC3(CO)CCN(CCSc4c(F)cc(F)cc4F)CC3)c2c1. The number of rotatable bonds is 11. The van der Waals surface area contributed by atoms with Crippen LogP contribution in [-0.4, -0.2) is 59.2 Å². The van der Waals surface area contributed by atoms with Gasteiger partial charge in [0.05, 0.1) is 23.6 Å². The van der Waals surface area contributed by atoms with Gasteiger partial charge in [0.15, 0.2) is 0 Å². The maximum absolute atomic E-state index is 13.9. The molecule has 2 heterocycles. The molecule has 1 aliphatic rings. The summed E-state index contributed by atoms with van der Waals surface area (Å²) in [6.07, 6.45) is 3.52. The lowest BCUT2D eigenvalue weighted by Crippen LogP contribution is -2.43. The normalized spacial score (nSPS) is 16.6. The molecule has 0 amide bonds. The number of aliphatic hydroxyl groups excluding tert-OH is 2. The molecule has 0 bridgehead atoms. The van der Waals surface area contributed by atoms with Gasteiger partial charge in [-0.2, -0.15) is 0 Å². The van der Waals surface area contributed by atoms with Crippen molar-refractivity contribution >= 4 is 22.7 Å². The van der Waals surface area contributed by atoms with Crippen LogP contribution in [0.25, 0.3) is 10.9 Å². The summed E-state index contributed by atoms with van der Waals surface area (Å²) in [4.78, 5) is 6.50. The number of ether oxygens (including phenoxy) is 1. The van der Waals surface area contributed by atoms with E-state index in [-0.39, 0.29) is 23.5 Å². The molecule has 4 rings (SSSR count). The number of aliphatic hydroxyl groups is 2. The molecule has 1 aromatic heterocycles. The molecule has 3 aromatic rings. The Morgan fingerprint density at radius 1 is 1.16 bits per heavy atom. The Balaban J connectivity index is 1.35. The van der Waals surface area contributed by atoms with Gasteiger partial charge in [0.25, 0.3) is 0 Å². The third kappa shape index (κ3) is 6.43. The molecule has 1 aliphatic heterocycles. The number of hydrogen-bond acceptors (Lipinski definition) is 7. The number of halogens is 3. The van der Waals surface area contributed by atoms with E-state index < -0.39 is 23.6 Å². The number of piperidine rings is 1. The summed E-state index contributed by atoms with van der Waals surface area (Å²) in [5, 5.41) is 22.4. The fraction of sp³-hybridized carbons (Fsp3) is 0.464.